The first-order chi connectivity index (χ1) is 7.67. The Morgan fingerprint density at radius 2 is 1.75 bits per heavy atom. The molecule has 2 rings (SSSR count). The van der Waals surface area contributed by atoms with Gasteiger partial charge in [0.25, 0.3) is 0 Å². The van der Waals surface area contributed by atoms with Crippen molar-refractivity contribution in [2.24, 2.45) is 0 Å². The predicted molar refractivity (Wildman–Crippen MR) is 53.7 cm³/mol. The van der Waals surface area contributed by atoms with Crippen molar-refractivity contribution in [2.75, 3.05) is 14.2 Å². The van der Waals surface area contributed by atoms with Crippen LogP contribution in [0.4, 0.5) is 0 Å². The van der Waals surface area contributed by atoms with Crippen LogP contribution in [0.5, 0.6) is 11.5 Å². The summed E-state index contributed by atoms with van der Waals surface area (Å²) in [6.45, 7) is 0. The van der Waals surface area contributed by atoms with E-state index in [0.717, 1.165) is 0 Å². The summed E-state index contributed by atoms with van der Waals surface area (Å²) in [6.07, 6.45) is 0.0153. The molecule has 1 heterocycles. The van der Waals surface area contributed by atoms with E-state index in [2.05, 4.69) is 4.74 Å². The van der Waals surface area contributed by atoms with E-state index in [-0.39, 0.29) is 12.0 Å². The van der Waals surface area contributed by atoms with Crippen LogP contribution in [0.3, 0.4) is 0 Å². The molecule has 84 valence electrons. The maximum Gasteiger partial charge on any atom is 0.350 e. The van der Waals surface area contributed by atoms with Crippen molar-refractivity contribution in [1.29, 1.82) is 0 Å². The second-order valence-electron chi connectivity index (χ2n) is 3.26. The van der Waals surface area contributed by atoms with Gasteiger partial charge in [-0.15, -0.1) is 0 Å². The Hall–Kier alpha value is -2.04. The summed E-state index contributed by atoms with van der Waals surface area (Å²) in [4.78, 5) is 22.7. The van der Waals surface area contributed by atoms with Crippen molar-refractivity contribution >= 4 is 11.9 Å². The molecule has 0 atom stereocenters. The van der Waals surface area contributed by atoms with E-state index in [1.54, 1.807) is 12.1 Å². The Morgan fingerprint density at radius 3 is 2.38 bits per heavy atom. The number of carbonyl (C=O) groups is 2. The zero-order valence-electron chi connectivity index (χ0n) is 8.90. The number of esters is 2. The lowest BCUT2D eigenvalue weighted by Gasteiger charge is -2.19. The van der Waals surface area contributed by atoms with Gasteiger partial charge in [0, 0.05) is 5.56 Å². The second-order valence-corrected chi connectivity index (χ2v) is 3.26. The maximum absolute atomic E-state index is 11.6. The summed E-state index contributed by atoms with van der Waals surface area (Å²) in [7, 11) is 2.93. The molecule has 0 aliphatic carbocycles. The van der Waals surface area contributed by atoms with Crippen LogP contribution in [-0.4, -0.2) is 26.2 Å². The van der Waals surface area contributed by atoms with E-state index in [4.69, 9.17) is 9.47 Å². The number of hydrogen-bond acceptors (Lipinski definition) is 5. The summed E-state index contributed by atoms with van der Waals surface area (Å²) < 4.78 is 14.7. The Bertz CT molecular complexity index is 464. The lowest BCUT2D eigenvalue weighted by molar-refractivity contribution is -0.137. The molecule has 16 heavy (non-hydrogen) atoms. The van der Waals surface area contributed by atoms with E-state index >= 15 is 0 Å². The zero-order chi connectivity index (χ0) is 11.7. The largest absolute Gasteiger partial charge is 0.496 e. The number of rotatable bonds is 2. The summed E-state index contributed by atoms with van der Waals surface area (Å²) in [6, 6.07) is 3.26. The average Bonchev–Trinajstić information content (AvgIpc) is 2.27. The minimum absolute atomic E-state index is 0.0153. The fourth-order valence-corrected chi connectivity index (χ4v) is 1.70. The molecule has 0 bridgehead atoms. The Balaban J connectivity index is 2.65. The Kier molecular flexibility index (Phi) is 2.52. The minimum atomic E-state index is -0.693. The highest BCUT2D eigenvalue weighted by atomic mass is 16.6. The number of carbonyl (C=O) groups excluding carboxylic acids is 2. The van der Waals surface area contributed by atoms with Gasteiger partial charge in [0.05, 0.1) is 20.6 Å². The molecular weight excluding hydrogens is 212 g/mol. The van der Waals surface area contributed by atoms with Crippen LogP contribution in [0.2, 0.25) is 0 Å². The molecule has 0 unspecified atom stereocenters. The predicted octanol–water partition coefficient (Wildman–Crippen LogP) is 0.943. The Morgan fingerprint density at radius 1 is 1.12 bits per heavy atom. The standard InChI is InChI=1S/C11H10O5/c1-14-7-3-4-8(15-2)10-6(7)5-9(12)16-11(10)13/h3-4H,5H2,1-2H3. The summed E-state index contributed by atoms with van der Waals surface area (Å²) in [5, 5.41) is 0. The van der Waals surface area contributed by atoms with Crippen LogP contribution in [0.15, 0.2) is 12.1 Å². The molecule has 0 amide bonds. The molecular formula is C11H10O5. The fourth-order valence-electron chi connectivity index (χ4n) is 1.70. The highest BCUT2D eigenvalue weighted by Gasteiger charge is 2.30. The number of hydrogen-bond donors (Lipinski definition) is 0. The molecule has 0 saturated heterocycles. The third-order valence-electron chi connectivity index (χ3n) is 2.40. The van der Waals surface area contributed by atoms with Gasteiger partial charge in [-0.3, -0.25) is 4.79 Å². The van der Waals surface area contributed by atoms with Crippen LogP contribution in [0.1, 0.15) is 15.9 Å². The quantitative estimate of drug-likeness (QED) is 0.550. The van der Waals surface area contributed by atoms with Gasteiger partial charge in [-0.1, -0.05) is 0 Å². The highest BCUT2D eigenvalue weighted by molar-refractivity contribution is 6.05. The van der Waals surface area contributed by atoms with E-state index in [1.807, 2.05) is 0 Å². The first-order valence-corrected chi connectivity index (χ1v) is 4.66. The number of cyclic esters (lactones) is 2. The molecule has 1 aromatic rings. The van der Waals surface area contributed by atoms with Crippen molar-refractivity contribution in [3.63, 3.8) is 0 Å². The van der Waals surface area contributed by atoms with Gasteiger partial charge < -0.3 is 14.2 Å². The first-order valence-electron chi connectivity index (χ1n) is 4.66. The molecule has 0 spiro atoms. The van der Waals surface area contributed by atoms with Crippen LogP contribution < -0.4 is 9.47 Å². The van der Waals surface area contributed by atoms with Crippen LogP contribution >= 0.6 is 0 Å². The monoisotopic (exact) mass is 222 g/mol. The number of methoxy groups -OCH3 is 2. The molecule has 5 nitrogen and oxygen atoms in total. The van der Waals surface area contributed by atoms with E-state index in [1.165, 1.54) is 14.2 Å². The van der Waals surface area contributed by atoms with E-state index < -0.39 is 11.9 Å². The summed E-state index contributed by atoms with van der Waals surface area (Å²) >= 11 is 0. The molecule has 1 aliphatic heterocycles. The van der Waals surface area contributed by atoms with Gasteiger partial charge in [-0.25, -0.2) is 4.79 Å². The van der Waals surface area contributed by atoms with Gasteiger partial charge in [0.2, 0.25) is 0 Å². The lowest BCUT2D eigenvalue weighted by Crippen LogP contribution is -2.24. The molecule has 5 heteroatoms. The first kappa shape index (κ1) is 10.5. The van der Waals surface area contributed by atoms with Gasteiger partial charge in [0.15, 0.2) is 0 Å². The lowest BCUT2D eigenvalue weighted by atomic mass is 10.00. The third-order valence-corrected chi connectivity index (χ3v) is 2.40. The maximum atomic E-state index is 11.6. The smallest absolute Gasteiger partial charge is 0.350 e. The number of benzene rings is 1. The fraction of sp³-hybridized carbons (Fsp3) is 0.273. The molecule has 0 fully saturated rings. The van der Waals surface area contributed by atoms with E-state index in [0.29, 0.717) is 17.1 Å². The highest BCUT2D eigenvalue weighted by Crippen LogP contribution is 2.33. The molecule has 0 N–H and O–H groups in total. The zero-order valence-corrected chi connectivity index (χ0v) is 8.90. The second kappa shape index (κ2) is 3.84. The minimum Gasteiger partial charge on any atom is -0.496 e. The summed E-state index contributed by atoms with van der Waals surface area (Å²) in [5.41, 5.74) is 0.782. The van der Waals surface area contributed by atoms with Gasteiger partial charge >= 0.3 is 11.9 Å². The van der Waals surface area contributed by atoms with Gasteiger partial charge in [-0.05, 0) is 12.1 Å². The van der Waals surface area contributed by atoms with Crippen molar-refractivity contribution in [3.8, 4) is 11.5 Å². The van der Waals surface area contributed by atoms with Gasteiger partial charge in [-0.2, -0.15) is 0 Å². The number of fused-ring (bicyclic) bond motifs is 1. The Labute approximate surface area is 91.9 Å². The van der Waals surface area contributed by atoms with Crippen LogP contribution in [0.25, 0.3) is 0 Å². The molecule has 1 aliphatic rings. The van der Waals surface area contributed by atoms with Crippen molar-refractivity contribution in [3.05, 3.63) is 23.3 Å². The van der Waals surface area contributed by atoms with Crippen molar-refractivity contribution in [2.45, 2.75) is 6.42 Å². The average molecular weight is 222 g/mol. The van der Waals surface area contributed by atoms with Crippen molar-refractivity contribution in [1.82, 2.24) is 0 Å². The third kappa shape index (κ3) is 1.50. The van der Waals surface area contributed by atoms with Crippen molar-refractivity contribution < 1.29 is 23.8 Å². The van der Waals surface area contributed by atoms with Crippen LogP contribution in [-0.2, 0) is 16.0 Å². The van der Waals surface area contributed by atoms with E-state index in [9.17, 15) is 9.59 Å². The number of ether oxygens (including phenoxy) is 3. The normalized spacial score (nSPS) is 14.1. The summed E-state index contributed by atoms with van der Waals surface area (Å²) in [5.74, 6) is -0.403. The van der Waals surface area contributed by atoms with Crippen LogP contribution in [0, 0.1) is 0 Å². The molecule has 0 radical (unpaired) electrons. The topological polar surface area (TPSA) is 61.8 Å². The van der Waals surface area contributed by atoms with Gasteiger partial charge in [0.1, 0.15) is 17.1 Å². The molecule has 0 aromatic heterocycles. The SMILES string of the molecule is COc1ccc(OC)c2c1CC(=O)OC2=O. The molecule has 0 saturated carbocycles. The molecule has 1 aromatic carbocycles.